The summed E-state index contributed by atoms with van der Waals surface area (Å²) in [4.78, 5) is 28.5. The van der Waals surface area contributed by atoms with E-state index >= 15 is 0 Å². The molecule has 0 bridgehead atoms. The summed E-state index contributed by atoms with van der Waals surface area (Å²) in [5, 5.41) is 9.39. The second-order valence-electron chi connectivity index (χ2n) is 6.75. The maximum Gasteiger partial charge on any atom is 0.469 e. The SMILES string of the molecule is CCCCCCCC/C=C\CCCCCC(=O)OC[C@@H](O)COP(=O)(O)O. The lowest BCUT2D eigenvalue weighted by atomic mass is 10.1. The fourth-order valence-corrected chi connectivity index (χ4v) is 2.85. The van der Waals surface area contributed by atoms with Crippen molar-refractivity contribution in [3.05, 3.63) is 12.2 Å². The first-order chi connectivity index (χ1) is 12.8. The van der Waals surface area contributed by atoms with E-state index in [0.29, 0.717) is 0 Å². The smallest absolute Gasteiger partial charge is 0.463 e. The lowest BCUT2D eigenvalue weighted by Gasteiger charge is -2.12. The average molecular weight is 408 g/mol. The van der Waals surface area contributed by atoms with Crippen LogP contribution in [0, 0.1) is 0 Å². The summed E-state index contributed by atoms with van der Waals surface area (Å²) in [6.07, 6.45) is 16.2. The third-order valence-corrected chi connectivity index (χ3v) is 4.50. The largest absolute Gasteiger partial charge is 0.469 e. The molecule has 0 saturated carbocycles. The quantitative estimate of drug-likeness (QED) is 0.134. The number of carbonyl (C=O) groups is 1. The summed E-state index contributed by atoms with van der Waals surface area (Å²) in [6.45, 7) is 1.31. The van der Waals surface area contributed by atoms with E-state index in [1.807, 2.05) is 0 Å². The Bertz CT molecular complexity index is 434. The van der Waals surface area contributed by atoms with Crippen molar-refractivity contribution < 1.29 is 33.5 Å². The van der Waals surface area contributed by atoms with Crippen LogP contribution < -0.4 is 0 Å². The molecule has 0 fully saturated rings. The first kappa shape index (κ1) is 26.3. The van der Waals surface area contributed by atoms with E-state index in [1.54, 1.807) is 0 Å². The molecule has 0 spiro atoms. The lowest BCUT2D eigenvalue weighted by molar-refractivity contribution is -0.147. The molecule has 0 aliphatic heterocycles. The molecule has 0 radical (unpaired) electrons. The standard InChI is InChI=1S/C19H37O7P/c1-2-3-4-5-6-7-8-9-10-11-12-13-14-15-19(21)25-16-18(20)17-26-27(22,23)24/h9-10,18,20H,2-8,11-17H2,1H3,(H2,22,23,24)/b10-9-/t18-/m1/s1. The predicted octanol–water partition coefficient (Wildman–Crippen LogP) is 4.26. The number of esters is 1. The summed E-state index contributed by atoms with van der Waals surface area (Å²) in [5.74, 6) is -0.427. The molecule has 0 heterocycles. The Hall–Kier alpha value is -0.720. The summed E-state index contributed by atoms with van der Waals surface area (Å²) in [7, 11) is -4.62. The van der Waals surface area contributed by atoms with Crippen molar-refractivity contribution in [2.24, 2.45) is 0 Å². The van der Waals surface area contributed by atoms with Gasteiger partial charge in [0, 0.05) is 6.42 Å². The van der Waals surface area contributed by atoms with Gasteiger partial charge in [0.25, 0.3) is 0 Å². The Kier molecular flexibility index (Phi) is 16.9. The van der Waals surface area contributed by atoms with E-state index in [4.69, 9.17) is 14.5 Å². The molecule has 0 aliphatic carbocycles. The van der Waals surface area contributed by atoms with E-state index in [-0.39, 0.29) is 13.0 Å². The molecule has 0 aromatic carbocycles. The van der Waals surface area contributed by atoms with Crippen molar-refractivity contribution in [2.45, 2.75) is 90.1 Å². The van der Waals surface area contributed by atoms with Gasteiger partial charge in [-0.25, -0.2) is 4.57 Å². The van der Waals surface area contributed by atoms with E-state index in [1.165, 1.54) is 38.5 Å². The molecule has 0 amide bonds. The molecule has 0 aliphatic rings. The van der Waals surface area contributed by atoms with Crippen LogP contribution in [-0.2, 0) is 18.6 Å². The second kappa shape index (κ2) is 17.4. The van der Waals surface area contributed by atoms with Gasteiger partial charge >= 0.3 is 13.8 Å². The Morgan fingerprint density at radius 1 is 0.926 bits per heavy atom. The fraction of sp³-hybridized carbons (Fsp3) is 0.842. The molecule has 0 saturated heterocycles. The van der Waals surface area contributed by atoms with Gasteiger partial charge < -0.3 is 19.6 Å². The number of rotatable bonds is 18. The average Bonchev–Trinajstić information content (AvgIpc) is 2.61. The molecule has 3 N–H and O–H groups in total. The van der Waals surface area contributed by atoms with E-state index in [9.17, 15) is 14.5 Å². The Morgan fingerprint density at radius 2 is 1.48 bits per heavy atom. The molecule has 0 aromatic rings. The fourth-order valence-electron chi connectivity index (χ4n) is 2.48. The molecular weight excluding hydrogens is 371 g/mol. The molecule has 0 rings (SSSR count). The number of unbranched alkanes of at least 4 members (excludes halogenated alkanes) is 9. The van der Waals surface area contributed by atoms with Crippen molar-refractivity contribution in [3.8, 4) is 0 Å². The molecule has 8 heteroatoms. The number of allylic oxidation sites excluding steroid dienone is 2. The number of phosphoric acid groups is 1. The number of aliphatic hydroxyl groups excluding tert-OH is 1. The van der Waals surface area contributed by atoms with Gasteiger partial charge in [0.05, 0.1) is 6.61 Å². The van der Waals surface area contributed by atoms with Crippen molar-refractivity contribution in [2.75, 3.05) is 13.2 Å². The number of phosphoric ester groups is 1. The Labute approximate surface area is 163 Å². The molecule has 7 nitrogen and oxygen atoms in total. The van der Waals surface area contributed by atoms with Gasteiger partial charge in [-0.05, 0) is 32.1 Å². The minimum Gasteiger partial charge on any atom is -0.463 e. The highest BCUT2D eigenvalue weighted by Crippen LogP contribution is 2.35. The van der Waals surface area contributed by atoms with Gasteiger partial charge in [-0.3, -0.25) is 9.32 Å². The van der Waals surface area contributed by atoms with Crippen molar-refractivity contribution in [1.82, 2.24) is 0 Å². The number of ether oxygens (including phenoxy) is 1. The van der Waals surface area contributed by atoms with E-state index in [2.05, 4.69) is 23.6 Å². The number of hydrogen-bond acceptors (Lipinski definition) is 5. The molecule has 0 aromatic heterocycles. The first-order valence-corrected chi connectivity index (χ1v) is 11.6. The van der Waals surface area contributed by atoms with E-state index in [0.717, 1.165) is 32.1 Å². The van der Waals surface area contributed by atoms with Crippen LogP contribution >= 0.6 is 7.82 Å². The van der Waals surface area contributed by atoms with Crippen LogP contribution in [0.3, 0.4) is 0 Å². The maximum absolute atomic E-state index is 11.5. The zero-order valence-electron chi connectivity index (χ0n) is 16.6. The normalized spacial score (nSPS) is 13.2. The van der Waals surface area contributed by atoms with Crippen LogP contribution in [0.1, 0.15) is 84.0 Å². The van der Waals surface area contributed by atoms with Crippen LogP contribution in [0.5, 0.6) is 0 Å². The van der Waals surface area contributed by atoms with Crippen molar-refractivity contribution in [3.63, 3.8) is 0 Å². The maximum atomic E-state index is 11.5. The molecule has 160 valence electrons. The van der Waals surface area contributed by atoms with Crippen molar-refractivity contribution >= 4 is 13.8 Å². The highest BCUT2D eigenvalue weighted by atomic mass is 31.2. The third kappa shape index (κ3) is 21.4. The van der Waals surface area contributed by atoms with Crippen LogP contribution in [0.2, 0.25) is 0 Å². The minimum atomic E-state index is -4.62. The summed E-state index contributed by atoms with van der Waals surface area (Å²) in [6, 6.07) is 0. The zero-order chi connectivity index (χ0) is 20.4. The zero-order valence-corrected chi connectivity index (χ0v) is 17.4. The summed E-state index contributed by atoms with van der Waals surface area (Å²) >= 11 is 0. The predicted molar refractivity (Wildman–Crippen MR) is 105 cm³/mol. The number of carbonyl (C=O) groups excluding carboxylic acids is 1. The summed E-state index contributed by atoms with van der Waals surface area (Å²) in [5.41, 5.74) is 0. The van der Waals surface area contributed by atoms with Gasteiger partial charge in [-0.2, -0.15) is 0 Å². The minimum absolute atomic E-state index is 0.271. The van der Waals surface area contributed by atoms with Gasteiger partial charge in [0.2, 0.25) is 0 Å². The molecule has 0 unspecified atom stereocenters. The highest BCUT2D eigenvalue weighted by molar-refractivity contribution is 7.46. The summed E-state index contributed by atoms with van der Waals surface area (Å²) < 4.78 is 19.4. The second-order valence-corrected chi connectivity index (χ2v) is 7.99. The van der Waals surface area contributed by atoms with Crippen LogP contribution in [0.4, 0.5) is 0 Å². The molecule has 27 heavy (non-hydrogen) atoms. The highest BCUT2D eigenvalue weighted by Gasteiger charge is 2.17. The van der Waals surface area contributed by atoms with Gasteiger partial charge in [-0.15, -0.1) is 0 Å². The van der Waals surface area contributed by atoms with Crippen LogP contribution in [-0.4, -0.2) is 40.2 Å². The van der Waals surface area contributed by atoms with E-state index < -0.39 is 26.5 Å². The Balaban J connectivity index is 3.42. The van der Waals surface area contributed by atoms with Gasteiger partial charge in [0.15, 0.2) is 0 Å². The number of hydrogen-bond donors (Lipinski definition) is 3. The lowest BCUT2D eigenvalue weighted by Crippen LogP contribution is -2.23. The topological polar surface area (TPSA) is 113 Å². The van der Waals surface area contributed by atoms with Crippen molar-refractivity contribution in [1.29, 1.82) is 0 Å². The third-order valence-electron chi connectivity index (χ3n) is 4.01. The Morgan fingerprint density at radius 3 is 2.07 bits per heavy atom. The molecular formula is C19H37O7P. The first-order valence-electron chi connectivity index (χ1n) is 10.0. The number of aliphatic hydroxyl groups is 1. The van der Waals surface area contributed by atoms with Crippen LogP contribution in [0.15, 0.2) is 12.2 Å². The monoisotopic (exact) mass is 408 g/mol. The van der Waals surface area contributed by atoms with Gasteiger partial charge in [0.1, 0.15) is 12.7 Å². The van der Waals surface area contributed by atoms with Gasteiger partial charge in [-0.1, -0.05) is 57.6 Å². The van der Waals surface area contributed by atoms with Crippen LogP contribution in [0.25, 0.3) is 0 Å². The molecule has 1 atom stereocenters.